The number of nitrogens with zero attached hydrogens (tertiary/aromatic N) is 3. The van der Waals surface area contributed by atoms with Crippen LogP contribution >= 0.6 is 11.3 Å². The second-order valence-electron chi connectivity index (χ2n) is 7.63. The number of piperazine rings is 1. The van der Waals surface area contributed by atoms with Gasteiger partial charge in [-0.2, -0.15) is 0 Å². The van der Waals surface area contributed by atoms with Gasteiger partial charge in [0.2, 0.25) is 0 Å². The number of hydrogen-bond acceptors (Lipinski definition) is 6. The van der Waals surface area contributed by atoms with Gasteiger partial charge in [-0.3, -0.25) is 9.69 Å². The number of carbonyl (C=O) groups is 1. The standard InChI is InChI=1S/C24H27N3O3S/c1-18-5-3-4-6-20(18)14-26-9-11-27(12-10-26)24(28)19-7-8-22(23(13-19)29-2)30-15-21-16-31-17-25-21/h3-8,13,16-17H,9-12,14-15H2,1-2H3. The Morgan fingerprint density at radius 2 is 1.90 bits per heavy atom. The summed E-state index contributed by atoms with van der Waals surface area (Å²) in [6.45, 7) is 6.61. The van der Waals surface area contributed by atoms with E-state index in [9.17, 15) is 4.79 Å². The number of ether oxygens (including phenoxy) is 2. The first-order chi connectivity index (χ1) is 15.1. The van der Waals surface area contributed by atoms with Gasteiger partial charge < -0.3 is 14.4 Å². The molecule has 0 bridgehead atoms. The Bertz CT molecular complexity index is 1010. The fourth-order valence-electron chi connectivity index (χ4n) is 3.70. The number of amides is 1. The van der Waals surface area contributed by atoms with E-state index in [2.05, 4.69) is 41.1 Å². The summed E-state index contributed by atoms with van der Waals surface area (Å²) in [4.78, 5) is 21.6. The molecule has 1 fully saturated rings. The van der Waals surface area contributed by atoms with Crippen LogP contribution in [0.2, 0.25) is 0 Å². The van der Waals surface area contributed by atoms with Gasteiger partial charge in [-0.1, -0.05) is 24.3 Å². The van der Waals surface area contributed by atoms with Crippen molar-refractivity contribution in [2.75, 3.05) is 33.3 Å². The molecule has 162 valence electrons. The molecule has 0 aliphatic carbocycles. The number of aryl methyl sites for hydroxylation is 1. The molecule has 1 saturated heterocycles. The highest BCUT2D eigenvalue weighted by Crippen LogP contribution is 2.29. The Morgan fingerprint density at radius 1 is 1.10 bits per heavy atom. The van der Waals surface area contributed by atoms with Crippen molar-refractivity contribution in [2.24, 2.45) is 0 Å². The zero-order valence-electron chi connectivity index (χ0n) is 17.9. The molecule has 0 spiro atoms. The van der Waals surface area contributed by atoms with Crippen LogP contribution in [0.15, 0.2) is 53.4 Å². The van der Waals surface area contributed by atoms with E-state index in [1.807, 2.05) is 10.3 Å². The summed E-state index contributed by atoms with van der Waals surface area (Å²) in [7, 11) is 1.59. The van der Waals surface area contributed by atoms with Crippen LogP contribution in [0.5, 0.6) is 11.5 Å². The van der Waals surface area contributed by atoms with E-state index in [0.717, 1.165) is 38.4 Å². The monoisotopic (exact) mass is 437 g/mol. The molecule has 6 nitrogen and oxygen atoms in total. The molecule has 1 aliphatic rings. The third-order valence-corrected chi connectivity index (χ3v) is 6.22. The van der Waals surface area contributed by atoms with E-state index >= 15 is 0 Å². The molecule has 2 heterocycles. The van der Waals surface area contributed by atoms with Gasteiger partial charge in [0, 0.05) is 43.7 Å². The maximum Gasteiger partial charge on any atom is 0.254 e. The SMILES string of the molecule is COc1cc(C(=O)N2CCN(Cc3ccccc3C)CC2)ccc1OCc1cscn1. The average molecular weight is 438 g/mol. The smallest absolute Gasteiger partial charge is 0.254 e. The second kappa shape index (κ2) is 9.94. The summed E-state index contributed by atoms with van der Waals surface area (Å²) < 4.78 is 11.3. The molecule has 31 heavy (non-hydrogen) atoms. The zero-order valence-corrected chi connectivity index (χ0v) is 18.7. The molecule has 0 atom stereocenters. The van der Waals surface area contributed by atoms with Crippen molar-refractivity contribution in [3.05, 3.63) is 75.7 Å². The highest BCUT2D eigenvalue weighted by molar-refractivity contribution is 7.07. The minimum atomic E-state index is 0.0277. The van der Waals surface area contributed by atoms with Crippen LogP contribution in [-0.2, 0) is 13.2 Å². The molecule has 1 aromatic heterocycles. The Labute approximate surface area is 187 Å². The maximum absolute atomic E-state index is 13.0. The predicted octanol–water partition coefficient (Wildman–Crippen LogP) is 4.00. The molecule has 0 N–H and O–H groups in total. The molecule has 1 amide bonds. The molecular formula is C24H27N3O3S. The van der Waals surface area contributed by atoms with Crippen LogP contribution in [0, 0.1) is 6.92 Å². The van der Waals surface area contributed by atoms with Gasteiger partial charge in [0.05, 0.1) is 18.3 Å². The van der Waals surface area contributed by atoms with Gasteiger partial charge in [0.15, 0.2) is 11.5 Å². The Balaban J connectivity index is 1.35. The highest BCUT2D eigenvalue weighted by Gasteiger charge is 2.23. The van der Waals surface area contributed by atoms with Crippen molar-refractivity contribution >= 4 is 17.2 Å². The minimum absolute atomic E-state index is 0.0277. The Morgan fingerprint density at radius 3 is 2.61 bits per heavy atom. The quantitative estimate of drug-likeness (QED) is 0.559. The van der Waals surface area contributed by atoms with Crippen LogP contribution in [0.4, 0.5) is 0 Å². The van der Waals surface area contributed by atoms with Gasteiger partial charge in [0.25, 0.3) is 5.91 Å². The molecule has 0 radical (unpaired) electrons. The second-order valence-corrected chi connectivity index (χ2v) is 8.35. The van der Waals surface area contributed by atoms with Gasteiger partial charge in [-0.05, 0) is 36.2 Å². The Hall–Kier alpha value is -2.90. The lowest BCUT2D eigenvalue weighted by Crippen LogP contribution is -2.48. The third kappa shape index (κ3) is 5.24. The summed E-state index contributed by atoms with van der Waals surface area (Å²) in [6, 6.07) is 13.8. The molecule has 7 heteroatoms. The van der Waals surface area contributed by atoms with Crippen LogP contribution < -0.4 is 9.47 Å². The summed E-state index contributed by atoms with van der Waals surface area (Å²) in [5.74, 6) is 1.19. The van der Waals surface area contributed by atoms with Crippen LogP contribution in [-0.4, -0.2) is 54.0 Å². The number of hydrogen-bond donors (Lipinski definition) is 0. The van der Waals surface area contributed by atoms with Crippen molar-refractivity contribution in [1.82, 2.24) is 14.8 Å². The van der Waals surface area contributed by atoms with Crippen molar-refractivity contribution in [3.63, 3.8) is 0 Å². The molecule has 1 aliphatic heterocycles. The number of aromatic nitrogens is 1. The first kappa shape index (κ1) is 21.3. The fraction of sp³-hybridized carbons (Fsp3) is 0.333. The lowest BCUT2D eigenvalue weighted by atomic mass is 10.1. The topological polar surface area (TPSA) is 54.9 Å². The Kier molecular flexibility index (Phi) is 6.84. The summed E-state index contributed by atoms with van der Waals surface area (Å²) in [5, 5.41) is 1.95. The number of methoxy groups -OCH3 is 1. The van der Waals surface area contributed by atoms with Crippen LogP contribution in [0.1, 0.15) is 27.2 Å². The molecular weight excluding hydrogens is 410 g/mol. The van der Waals surface area contributed by atoms with Gasteiger partial charge in [-0.25, -0.2) is 4.98 Å². The molecule has 3 aromatic rings. The third-order valence-electron chi connectivity index (χ3n) is 5.58. The minimum Gasteiger partial charge on any atom is -0.493 e. The number of carbonyl (C=O) groups excluding carboxylic acids is 1. The molecule has 2 aromatic carbocycles. The molecule has 0 saturated carbocycles. The van der Waals surface area contributed by atoms with E-state index in [1.165, 1.54) is 22.5 Å². The number of rotatable bonds is 7. The summed E-state index contributed by atoms with van der Waals surface area (Å²) in [5.41, 5.74) is 5.92. The van der Waals surface area contributed by atoms with E-state index in [0.29, 0.717) is 23.7 Å². The van der Waals surface area contributed by atoms with E-state index in [-0.39, 0.29) is 5.91 Å². The largest absolute Gasteiger partial charge is 0.493 e. The summed E-state index contributed by atoms with van der Waals surface area (Å²) in [6.07, 6.45) is 0. The van der Waals surface area contributed by atoms with Gasteiger partial charge in [0.1, 0.15) is 6.61 Å². The van der Waals surface area contributed by atoms with Crippen molar-refractivity contribution in [3.8, 4) is 11.5 Å². The van der Waals surface area contributed by atoms with Crippen molar-refractivity contribution in [1.29, 1.82) is 0 Å². The van der Waals surface area contributed by atoms with E-state index in [4.69, 9.17) is 9.47 Å². The van der Waals surface area contributed by atoms with Gasteiger partial charge in [-0.15, -0.1) is 11.3 Å². The van der Waals surface area contributed by atoms with E-state index < -0.39 is 0 Å². The first-order valence-electron chi connectivity index (χ1n) is 10.4. The lowest BCUT2D eigenvalue weighted by Gasteiger charge is -2.35. The fourth-order valence-corrected chi connectivity index (χ4v) is 4.24. The van der Waals surface area contributed by atoms with E-state index in [1.54, 1.807) is 30.8 Å². The summed E-state index contributed by atoms with van der Waals surface area (Å²) >= 11 is 1.53. The van der Waals surface area contributed by atoms with Gasteiger partial charge >= 0.3 is 0 Å². The lowest BCUT2D eigenvalue weighted by molar-refractivity contribution is 0.0627. The normalized spacial score (nSPS) is 14.5. The number of thiazole rings is 1. The predicted molar refractivity (Wildman–Crippen MR) is 122 cm³/mol. The first-order valence-corrected chi connectivity index (χ1v) is 11.3. The van der Waals surface area contributed by atoms with Crippen LogP contribution in [0.25, 0.3) is 0 Å². The highest BCUT2D eigenvalue weighted by atomic mass is 32.1. The van der Waals surface area contributed by atoms with Crippen molar-refractivity contribution in [2.45, 2.75) is 20.1 Å². The zero-order chi connectivity index (χ0) is 21.6. The van der Waals surface area contributed by atoms with Crippen LogP contribution in [0.3, 0.4) is 0 Å². The average Bonchev–Trinajstić information content (AvgIpc) is 3.33. The maximum atomic E-state index is 13.0. The molecule has 0 unspecified atom stereocenters. The number of benzene rings is 2. The molecule has 4 rings (SSSR count). The van der Waals surface area contributed by atoms with Crippen molar-refractivity contribution < 1.29 is 14.3 Å².